The maximum absolute atomic E-state index is 13.3. The Bertz CT molecular complexity index is 964. The van der Waals surface area contributed by atoms with Crippen LogP contribution in [0.4, 0.5) is 0 Å². The third-order valence-corrected chi connectivity index (χ3v) is 6.98. The summed E-state index contributed by atoms with van der Waals surface area (Å²) >= 11 is 0. The molecule has 7 nitrogen and oxygen atoms in total. The normalized spacial score (nSPS) is 18.2. The maximum Gasteiger partial charge on any atom is 0.242 e. The molecule has 0 spiro atoms. The molecule has 0 aromatic heterocycles. The zero-order valence-electron chi connectivity index (χ0n) is 17.5. The number of hydrogen-bond donors (Lipinski definition) is 1. The summed E-state index contributed by atoms with van der Waals surface area (Å²) in [6, 6.07) is 14.2. The van der Waals surface area contributed by atoms with E-state index in [1.54, 1.807) is 20.3 Å². The van der Waals surface area contributed by atoms with Crippen LogP contribution in [0, 0.1) is 0 Å². The Morgan fingerprint density at radius 1 is 0.967 bits per heavy atom. The lowest BCUT2D eigenvalue weighted by molar-refractivity contribution is -0.127. The van der Waals surface area contributed by atoms with Crippen LogP contribution in [-0.4, -0.2) is 58.0 Å². The molecule has 1 fully saturated rings. The molecule has 0 bridgehead atoms. The van der Waals surface area contributed by atoms with E-state index in [0.29, 0.717) is 24.6 Å². The zero-order valence-corrected chi connectivity index (χ0v) is 18.3. The van der Waals surface area contributed by atoms with Crippen molar-refractivity contribution >= 4 is 15.7 Å². The van der Waals surface area contributed by atoms with E-state index in [1.807, 2.05) is 54.3 Å². The molecular formula is C22H28N2O5S. The lowest BCUT2D eigenvalue weighted by Crippen LogP contribution is -2.47. The molecule has 30 heavy (non-hydrogen) atoms. The van der Waals surface area contributed by atoms with Gasteiger partial charge in [0.2, 0.25) is 5.91 Å². The van der Waals surface area contributed by atoms with Gasteiger partial charge in [-0.25, -0.2) is 8.42 Å². The maximum atomic E-state index is 13.3. The number of amides is 1. The van der Waals surface area contributed by atoms with Gasteiger partial charge in [0, 0.05) is 13.1 Å². The molecule has 1 aliphatic heterocycles. The number of benzene rings is 2. The molecular weight excluding hydrogens is 404 g/mol. The first-order valence-electron chi connectivity index (χ1n) is 9.86. The molecule has 8 heteroatoms. The highest BCUT2D eigenvalue weighted by Crippen LogP contribution is 2.30. The van der Waals surface area contributed by atoms with Gasteiger partial charge in [0.15, 0.2) is 21.3 Å². The van der Waals surface area contributed by atoms with Crippen molar-refractivity contribution in [3.8, 4) is 11.5 Å². The summed E-state index contributed by atoms with van der Waals surface area (Å²) in [4.78, 5) is 15.2. The molecule has 0 radical (unpaired) electrons. The average molecular weight is 433 g/mol. The summed E-state index contributed by atoms with van der Waals surface area (Å²) in [7, 11) is 0.109. The SMILES string of the molecule is COc1ccc(C(C)NC(=O)C(c2ccccc2)N2CCS(=O)(=O)CC2)cc1OC. The molecule has 1 N–H and O–H groups in total. The van der Waals surface area contributed by atoms with Gasteiger partial charge in [-0.3, -0.25) is 9.69 Å². The topological polar surface area (TPSA) is 84.9 Å². The number of nitrogens with one attached hydrogen (secondary N) is 1. The average Bonchev–Trinajstić information content (AvgIpc) is 2.75. The number of carbonyl (C=O) groups excluding carboxylic acids is 1. The number of carbonyl (C=O) groups is 1. The van der Waals surface area contributed by atoms with Crippen molar-refractivity contribution < 1.29 is 22.7 Å². The minimum absolute atomic E-state index is 0.0643. The molecule has 162 valence electrons. The van der Waals surface area contributed by atoms with Gasteiger partial charge in [0.05, 0.1) is 31.8 Å². The Balaban J connectivity index is 1.81. The predicted octanol–water partition coefficient (Wildman–Crippen LogP) is 2.35. The lowest BCUT2D eigenvalue weighted by Gasteiger charge is -2.34. The first-order valence-corrected chi connectivity index (χ1v) is 11.7. The van der Waals surface area contributed by atoms with E-state index in [9.17, 15) is 13.2 Å². The van der Waals surface area contributed by atoms with Gasteiger partial charge in [0.1, 0.15) is 6.04 Å². The molecule has 0 saturated carbocycles. The smallest absolute Gasteiger partial charge is 0.242 e. The van der Waals surface area contributed by atoms with Gasteiger partial charge in [-0.15, -0.1) is 0 Å². The summed E-state index contributed by atoms with van der Waals surface area (Å²) < 4.78 is 34.3. The fourth-order valence-electron chi connectivity index (χ4n) is 3.65. The summed E-state index contributed by atoms with van der Waals surface area (Å²) in [5, 5.41) is 3.08. The lowest BCUT2D eigenvalue weighted by atomic mass is 10.0. The Hall–Kier alpha value is -2.58. The molecule has 3 rings (SSSR count). The van der Waals surface area contributed by atoms with Crippen molar-refractivity contribution in [3.63, 3.8) is 0 Å². The largest absolute Gasteiger partial charge is 0.493 e. The van der Waals surface area contributed by atoms with Crippen LogP contribution in [-0.2, 0) is 14.6 Å². The second-order valence-electron chi connectivity index (χ2n) is 7.35. The fraction of sp³-hybridized carbons (Fsp3) is 0.409. The highest BCUT2D eigenvalue weighted by atomic mass is 32.2. The van der Waals surface area contributed by atoms with E-state index in [-0.39, 0.29) is 23.5 Å². The van der Waals surface area contributed by atoms with Crippen LogP contribution in [0.15, 0.2) is 48.5 Å². The van der Waals surface area contributed by atoms with Gasteiger partial charge in [0.25, 0.3) is 0 Å². The quantitative estimate of drug-likeness (QED) is 0.723. The van der Waals surface area contributed by atoms with Crippen LogP contribution in [0.5, 0.6) is 11.5 Å². The van der Waals surface area contributed by atoms with Gasteiger partial charge in [-0.1, -0.05) is 36.4 Å². The van der Waals surface area contributed by atoms with Crippen molar-refractivity contribution in [1.29, 1.82) is 0 Å². The van der Waals surface area contributed by atoms with Crippen molar-refractivity contribution in [2.75, 3.05) is 38.8 Å². The third kappa shape index (κ3) is 5.12. The summed E-state index contributed by atoms with van der Waals surface area (Å²) in [5.74, 6) is 1.18. The monoisotopic (exact) mass is 432 g/mol. The fourth-order valence-corrected chi connectivity index (χ4v) is 4.88. The molecule has 1 saturated heterocycles. The summed E-state index contributed by atoms with van der Waals surface area (Å²) in [6.07, 6.45) is 0. The van der Waals surface area contributed by atoms with Crippen LogP contribution in [0.1, 0.15) is 30.1 Å². The second kappa shape index (κ2) is 9.49. The molecule has 2 aromatic carbocycles. The number of nitrogens with zero attached hydrogens (tertiary/aromatic N) is 1. The Kier molecular flexibility index (Phi) is 6.99. The minimum atomic E-state index is -3.04. The van der Waals surface area contributed by atoms with E-state index in [0.717, 1.165) is 11.1 Å². The molecule has 2 unspecified atom stereocenters. The molecule has 2 atom stereocenters. The van der Waals surface area contributed by atoms with Crippen LogP contribution in [0.25, 0.3) is 0 Å². The molecule has 2 aromatic rings. The second-order valence-corrected chi connectivity index (χ2v) is 9.65. The van der Waals surface area contributed by atoms with E-state index < -0.39 is 15.9 Å². The number of rotatable bonds is 7. The van der Waals surface area contributed by atoms with Crippen molar-refractivity contribution in [2.24, 2.45) is 0 Å². The summed E-state index contributed by atoms with van der Waals surface area (Å²) in [5.41, 5.74) is 1.72. The highest BCUT2D eigenvalue weighted by Gasteiger charge is 2.33. The van der Waals surface area contributed by atoms with Crippen LogP contribution in [0.3, 0.4) is 0 Å². The van der Waals surface area contributed by atoms with E-state index in [1.165, 1.54) is 0 Å². The highest BCUT2D eigenvalue weighted by molar-refractivity contribution is 7.91. The van der Waals surface area contributed by atoms with E-state index in [2.05, 4.69) is 5.32 Å². The van der Waals surface area contributed by atoms with Gasteiger partial charge in [-0.05, 0) is 30.2 Å². The number of hydrogen-bond acceptors (Lipinski definition) is 6. The number of methoxy groups -OCH3 is 2. The van der Waals surface area contributed by atoms with Crippen LogP contribution >= 0.6 is 0 Å². The van der Waals surface area contributed by atoms with E-state index >= 15 is 0 Å². The predicted molar refractivity (Wildman–Crippen MR) is 116 cm³/mol. The van der Waals surface area contributed by atoms with Crippen molar-refractivity contribution in [1.82, 2.24) is 10.2 Å². The Morgan fingerprint density at radius 3 is 2.20 bits per heavy atom. The first kappa shape index (κ1) is 22.1. The third-order valence-electron chi connectivity index (χ3n) is 5.37. The standard InChI is InChI=1S/C22H28N2O5S/c1-16(18-9-10-19(28-2)20(15-18)29-3)23-22(25)21(17-7-5-4-6-8-17)24-11-13-30(26,27)14-12-24/h4-10,15-16,21H,11-14H2,1-3H3,(H,23,25). The van der Waals surface area contributed by atoms with Gasteiger partial charge >= 0.3 is 0 Å². The van der Waals surface area contributed by atoms with Gasteiger partial charge < -0.3 is 14.8 Å². The molecule has 1 heterocycles. The summed E-state index contributed by atoms with van der Waals surface area (Å²) in [6.45, 7) is 2.57. The van der Waals surface area contributed by atoms with Crippen LogP contribution < -0.4 is 14.8 Å². The Labute approximate surface area is 177 Å². The zero-order chi connectivity index (χ0) is 21.7. The van der Waals surface area contributed by atoms with Crippen molar-refractivity contribution in [2.45, 2.75) is 19.0 Å². The number of sulfone groups is 1. The van der Waals surface area contributed by atoms with Crippen LogP contribution in [0.2, 0.25) is 0 Å². The molecule has 0 aliphatic carbocycles. The van der Waals surface area contributed by atoms with Gasteiger partial charge in [-0.2, -0.15) is 0 Å². The molecule has 1 aliphatic rings. The minimum Gasteiger partial charge on any atom is -0.493 e. The van der Waals surface area contributed by atoms with E-state index in [4.69, 9.17) is 9.47 Å². The van der Waals surface area contributed by atoms with Crippen molar-refractivity contribution in [3.05, 3.63) is 59.7 Å². The first-order chi connectivity index (χ1) is 14.3. The number of ether oxygens (including phenoxy) is 2. The Morgan fingerprint density at radius 2 is 1.60 bits per heavy atom. The molecule has 1 amide bonds.